The lowest BCUT2D eigenvalue weighted by Crippen LogP contribution is -2.28. The molecule has 0 saturated carbocycles. The minimum absolute atomic E-state index is 0.134. The molecule has 8 heteroatoms. The maximum Gasteiger partial charge on any atom is 0.251 e. The average molecular weight is 422 g/mol. The Labute approximate surface area is 178 Å². The van der Waals surface area contributed by atoms with Crippen LogP contribution in [0, 0.1) is 13.8 Å². The van der Waals surface area contributed by atoms with E-state index in [-0.39, 0.29) is 12.5 Å². The van der Waals surface area contributed by atoms with Crippen LogP contribution in [0.1, 0.15) is 21.5 Å². The molecule has 0 atom stereocenters. The number of benzene rings is 2. The van der Waals surface area contributed by atoms with Gasteiger partial charge in [0.15, 0.2) is 11.5 Å². The van der Waals surface area contributed by atoms with Crippen LogP contribution in [0.5, 0.6) is 5.88 Å². The molecule has 4 rings (SSSR count). The first-order valence-electron chi connectivity index (χ1n) is 9.48. The fraction of sp³-hybridized carbons (Fsp3) is 0.182. The summed E-state index contributed by atoms with van der Waals surface area (Å²) < 4.78 is 7.29. The number of ether oxygens (including phenoxy) is 1. The van der Waals surface area contributed by atoms with Gasteiger partial charge in [0.2, 0.25) is 5.88 Å². The Bertz CT molecular complexity index is 1220. The normalized spacial score (nSPS) is 10.9. The number of nitrogens with one attached hydrogen (secondary N) is 1. The molecule has 0 saturated heterocycles. The first kappa shape index (κ1) is 19.8. The van der Waals surface area contributed by atoms with Gasteiger partial charge >= 0.3 is 0 Å². The van der Waals surface area contributed by atoms with Gasteiger partial charge in [0, 0.05) is 17.2 Å². The molecule has 30 heavy (non-hydrogen) atoms. The number of rotatable bonds is 6. The maximum atomic E-state index is 12.3. The summed E-state index contributed by atoms with van der Waals surface area (Å²) in [4.78, 5) is 12.3. The fourth-order valence-electron chi connectivity index (χ4n) is 2.96. The number of carbonyl (C=O) groups is 1. The van der Waals surface area contributed by atoms with Gasteiger partial charge < -0.3 is 10.1 Å². The van der Waals surface area contributed by atoms with E-state index in [0.29, 0.717) is 34.5 Å². The standard InChI is InChI=1S/C22H20ClN5O2/c1-14-7-8-16(13-15(14)2)22(29)24-11-12-30-20-10-9-19-25-26-21(28(19)27-20)17-5-3-4-6-18(17)23/h3-10,13H,11-12H2,1-2H3,(H,24,29). The van der Waals surface area contributed by atoms with Crippen LogP contribution in [-0.2, 0) is 0 Å². The topological polar surface area (TPSA) is 81.4 Å². The smallest absolute Gasteiger partial charge is 0.251 e. The number of hydrogen-bond donors (Lipinski definition) is 1. The van der Waals surface area contributed by atoms with Crippen molar-refractivity contribution in [1.82, 2.24) is 25.1 Å². The van der Waals surface area contributed by atoms with E-state index < -0.39 is 0 Å². The number of hydrogen-bond acceptors (Lipinski definition) is 5. The lowest BCUT2D eigenvalue weighted by Gasteiger charge is -2.09. The van der Waals surface area contributed by atoms with Crippen LogP contribution < -0.4 is 10.1 Å². The minimum Gasteiger partial charge on any atom is -0.475 e. The van der Waals surface area contributed by atoms with Gasteiger partial charge in [0.1, 0.15) is 6.61 Å². The summed E-state index contributed by atoms with van der Waals surface area (Å²) in [6, 6.07) is 16.5. The van der Waals surface area contributed by atoms with Crippen molar-refractivity contribution in [1.29, 1.82) is 0 Å². The molecule has 1 amide bonds. The van der Waals surface area contributed by atoms with E-state index >= 15 is 0 Å². The molecular weight excluding hydrogens is 402 g/mol. The molecule has 0 radical (unpaired) electrons. The Balaban J connectivity index is 1.41. The molecular formula is C22H20ClN5O2. The molecule has 0 fully saturated rings. The molecule has 152 valence electrons. The van der Waals surface area contributed by atoms with Crippen molar-refractivity contribution in [3.63, 3.8) is 0 Å². The Morgan fingerprint density at radius 2 is 1.90 bits per heavy atom. The number of aromatic nitrogens is 4. The van der Waals surface area contributed by atoms with Gasteiger partial charge in [-0.3, -0.25) is 4.79 Å². The van der Waals surface area contributed by atoms with Gasteiger partial charge in [0.25, 0.3) is 5.91 Å². The van der Waals surface area contributed by atoms with Crippen molar-refractivity contribution < 1.29 is 9.53 Å². The highest BCUT2D eigenvalue weighted by Gasteiger charge is 2.13. The van der Waals surface area contributed by atoms with Gasteiger partial charge in [-0.1, -0.05) is 29.8 Å². The van der Waals surface area contributed by atoms with Crippen molar-refractivity contribution in [2.45, 2.75) is 13.8 Å². The lowest BCUT2D eigenvalue weighted by molar-refractivity contribution is 0.0946. The van der Waals surface area contributed by atoms with Crippen LogP contribution >= 0.6 is 11.6 Å². The Morgan fingerprint density at radius 1 is 1.07 bits per heavy atom. The van der Waals surface area contributed by atoms with Crippen LogP contribution in [0.15, 0.2) is 54.6 Å². The number of aryl methyl sites for hydroxylation is 2. The largest absolute Gasteiger partial charge is 0.475 e. The quantitative estimate of drug-likeness (QED) is 0.478. The third-order valence-corrected chi connectivity index (χ3v) is 5.09. The van der Waals surface area contributed by atoms with Gasteiger partial charge in [-0.05, 0) is 55.3 Å². The molecule has 2 aromatic carbocycles. The molecule has 0 aliphatic rings. The van der Waals surface area contributed by atoms with Gasteiger partial charge in [0.05, 0.1) is 11.6 Å². The summed E-state index contributed by atoms with van der Waals surface area (Å²) in [6.45, 7) is 4.63. The fourth-order valence-corrected chi connectivity index (χ4v) is 3.18. The molecule has 2 aromatic heterocycles. The lowest BCUT2D eigenvalue weighted by atomic mass is 10.1. The van der Waals surface area contributed by atoms with Crippen LogP contribution in [0.3, 0.4) is 0 Å². The predicted molar refractivity (Wildman–Crippen MR) is 115 cm³/mol. The van der Waals surface area contributed by atoms with E-state index in [2.05, 4.69) is 20.6 Å². The van der Waals surface area contributed by atoms with Crippen molar-refractivity contribution in [2.24, 2.45) is 0 Å². The van der Waals surface area contributed by atoms with E-state index in [9.17, 15) is 4.79 Å². The molecule has 2 heterocycles. The third-order valence-electron chi connectivity index (χ3n) is 4.76. The zero-order valence-corrected chi connectivity index (χ0v) is 17.3. The summed E-state index contributed by atoms with van der Waals surface area (Å²) in [5, 5.41) is 16.2. The van der Waals surface area contributed by atoms with E-state index in [0.717, 1.165) is 16.7 Å². The highest BCUT2D eigenvalue weighted by molar-refractivity contribution is 6.33. The van der Waals surface area contributed by atoms with Crippen molar-refractivity contribution in [2.75, 3.05) is 13.2 Å². The predicted octanol–water partition coefficient (Wildman–Crippen LogP) is 3.87. The van der Waals surface area contributed by atoms with Crippen LogP contribution in [0.2, 0.25) is 5.02 Å². The van der Waals surface area contributed by atoms with E-state index in [1.54, 1.807) is 22.7 Å². The second kappa shape index (κ2) is 8.51. The SMILES string of the molecule is Cc1ccc(C(=O)NCCOc2ccc3nnc(-c4ccccc4Cl)n3n2)cc1C. The monoisotopic (exact) mass is 421 g/mol. The van der Waals surface area contributed by atoms with Crippen LogP contribution in [0.4, 0.5) is 0 Å². The number of carbonyl (C=O) groups excluding carboxylic acids is 1. The Morgan fingerprint density at radius 3 is 2.70 bits per heavy atom. The molecule has 0 unspecified atom stereocenters. The maximum absolute atomic E-state index is 12.3. The number of halogens is 1. The molecule has 0 aliphatic carbocycles. The summed E-state index contributed by atoms with van der Waals surface area (Å²) in [5.41, 5.74) is 4.19. The Hall–Kier alpha value is -3.45. The summed E-state index contributed by atoms with van der Waals surface area (Å²) in [7, 11) is 0. The second-order valence-corrected chi connectivity index (χ2v) is 7.26. The summed E-state index contributed by atoms with van der Waals surface area (Å²) >= 11 is 6.28. The van der Waals surface area contributed by atoms with E-state index in [4.69, 9.17) is 16.3 Å². The first-order chi connectivity index (χ1) is 14.5. The van der Waals surface area contributed by atoms with E-state index in [1.807, 2.05) is 50.2 Å². The van der Waals surface area contributed by atoms with Gasteiger partial charge in [-0.15, -0.1) is 15.3 Å². The average Bonchev–Trinajstić information content (AvgIpc) is 3.16. The molecule has 1 N–H and O–H groups in total. The highest BCUT2D eigenvalue weighted by atomic mass is 35.5. The number of amides is 1. The van der Waals surface area contributed by atoms with Crippen molar-refractivity contribution in [3.05, 3.63) is 76.3 Å². The highest BCUT2D eigenvalue weighted by Crippen LogP contribution is 2.26. The Kier molecular flexibility index (Phi) is 5.63. The number of nitrogens with zero attached hydrogens (tertiary/aromatic N) is 4. The third kappa shape index (κ3) is 4.11. The zero-order chi connectivity index (χ0) is 21.1. The van der Waals surface area contributed by atoms with Crippen LogP contribution in [-0.4, -0.2) is 38.9 Å². The second-order valence-electron chi connectivity index (χ2n) is 6.85. The minimum atomic E-state index is -0.134. The van der Waals surface area contributed by atoms with E-state index in [1.165, 1.54) is 0 Å². The van der Waals surface area contributed by atoms with Gasteiger partial charge in [-0.25, -0.2) is 0 Å². The first-order valence-corrected chi connectivity index (χ1v) is 9.86. The molecule has 4 aromatic rings. The molecule has 7 nitrogen and oxygen atoms in total. The summed E-state index contributed by atoms with van der Waals surface area (Å²) in [5.74, 6) is 0.796. The molecule has 0 spiro atoms. The van der Waals surface area contributed by atoms with Crippen molar-refractivity contribution in [3.8, 4) is 17.3 Å². The molecule has 0 bridgehead atoms. The molecule has 0 aliphatic heterocycles. The van der Waals surface area contributed by atoms with Crippen LogP contribution in [0.25, 0.3) is 17.0 Å². The van der Waals surface area contributed by atoms with Crippen molar-refractivity contribution >= 4 is 23.2 Å². The van der Waals surface area contributed by atoms with Gasteiger partial charge in [-0.2, -0.15) is 4.52 Å². The summed E-state index contributed by atoms with van der Waals surface area (Å²) in [6.07, 6.45) is 0. The zero-order valence-electron chi connectivity index (χ0n) is 16.6. The number of fused-ring (bicyclic) bond motifs is 1.